The average Bonchev–Trinajstić information content (AvgIpc) is 2.74. The summed E-state index contributed by atoms with van der Waals surface area (Å²) >= 11 is 0. The van der Waals surface area contributed by atoms with Crippen molar-refractivity contribution in [1.29, 1.82) is 0 Å². The molecular weight excluding hydrogens is 238 g/mol. The van der Waals surface area contributed by atoms with Gasteiger partial charge in [0.15, 0.2) is 0 Å². The van der Waals surface area contributed by atoms with Crippen molar-refractivity contribution >= 4 is 5.95 Å². The van der Waals surface area contributed by atoms with Crippen LogP contribution in [0.1, 0.15) is 51.3 Å². The molecule has 0 aromatic carbocycles. The van der Waals surface area contributed by atoms with Crippen LogP contribution in [-0.4, -0.2) is 29.3 Å². The summed E-state index contributed by atoms with van der Waals surface area (Å²) in [5.74, 6) is 1.73. The zero-order valence-corrected chi connectivity index (χ0v) is 12.6. The average molecular weight is 265 g/mol. The molecule has 1 heterocycles. The van der Waals surface area contributed by atoms with Crippen LogP contribution < -0.4 is 5.32 Å². The van der Waals surface area contributed by atoms with E-state index < -0.39 is 0 Å². The molecule has 3 atom stereocenters. The van der Waals surface area contributed by atoms with Crippen molar-refractivity contribution in [2.75, 3.05) is 19.0 Å². The van der Waals surface area contributed by atoms with E-state index in [9.17, 15) is 0 Å². The van der Waals surface area contributed by atoms with Gasteiger partial charge in [0.2, 0.25) is 5.95 Å². The van der Waals surface area contributed by atoms with Gasteiger partial charge in [0, 0.05) is 19.3 Å². The van der Waals surface area contributed by atoms with Crippen LogP contribution in [0.5, 0.6) is 0 Å². The Kier molecular flexibility index (Phi) is 4.86. The highest BCUT2D eigenvalue weighted by atomic mass is 16.5. The molecule has 0 amide bonds. The summed E-state index contributed by atoms with van der Waals surface area (Å²) in [6, 6.07) is 0.872. The summed E-state index contributed by atoms with van der Waals surface area (Å²) in [4.78, 5) is 4.64. The van der Waals surface area contributed by atoms with E-state index in [0.717, 1.165) is 17.6 Å². The first-order valence-electron chi connectivity index (χ1n) is 7.42. The quantitative estimate of drug-likeness (QED) is 0.887. The van der Waals surface area contributed by atoms with Gasteiger partial charge in [-0.2, -0.15) is 0 Å². The Hall–Kier alpha value is -1.03. The van der Waals surface area contributed by atoms with Crippen LogP contribution in [0.15, 0.2) is 6.20 Å². The largest absolute Gasteiger partial charge is 0.383 e. The van der Waals surface area contributed by atoms with Crippen molar-refractivity contribution in [3.05, 3.63) is 11.9 Å². The second-order valence-corrected chi connectivity index (χ2v) is 5.93. The maximum absolute atomic E-state index is 5.26. The van der Waals surface area contributed by atoms with E-state index >= 15 is 0 Å². The van der Waals surface area contributed by atoms with Gasteiger partial charge in [0.1, 0.15) is 0 Å². The molecule has 4 nitrogen and oxygen atoms in total. The number of hydrogen-bond donors (Lipinski definition) is 1. The monoisotopic (exact) mass is 265 g/mol. The number of aryl methyl sites for hydroxylation is 1. The molecule has 1 fully saturated rings. The summed E-state index contributed by atoms with van der Waals surface area (Å²) in [6.45, 7) is 7.27. The number of methoxy groups -OCH3 is 1. The highest BCUT2D eigenvalue weighted by Crippen LogP contribution is 2.27. The Morgan fingerprint density at radius 2 is 2.21 bits per heavy atom. The third-order valence-corrected chi connectivity index (χ3v) is 4.16. The lowest BCUT2D eigenvalue weighted by Crippen LogP contribution is -2.32. The SMILES string of the molecule is COCC(C)n1cc(C)nc1NC1CCCCC1C. The van der Waals surface area contributed by atoms with Gasteiger partial charge in [-0.25, -0.2) is 4.98 Å². The Balaban J connectivity index is 2.10. The van der Waals surface area contributed by atoms with Gasteiger partial charge in [-0.15, -0.1) is 0 Å². The highest BCUT2D eigenvalue weighted by Gasteiger charge is 2.23. The van der Waals surface area contributed by atoms with Crippen LogP contribution in [0.2, 0.25) is 0 Å². The molecule has 0 spiro atoms. The molecule has 0 saturated heterocycles. The molecule has 1 aromatic rings. The lowest BCUT2D eigenvalue weighted by molar-refractivity contribution is 0.162. The van der Waals surface area contributed by atoms with Gasteiger partial charge in [-0.1, -0.05) is 19.8 Å². The third-order valence-electron chi connectivity index (χ3n) is 4.16. The minimum atomic E-state index is 0.313. The van der Waals surface area contributed by atoms with E-state index in [1.54, 1.807) is 7.11 Å². The van der Waals surface area contributed by atoms with Crippen molar-refractivity contribution in [2.24, 2.45) is 5.92 Å². The molecule has 0 aliphatic heterocycles. The molecule has 1 N–H and O–H groups in total. The molecule has 1 aliphatic carbocycles. The van der Waals surface area contributed by atoms with E-state index in [4.69, 9.17) is 4.74 Å². The first-order chi connectivity index (χ1) is 9.11. The second kappa shape index (κ2) is 6.42. The molecule has 1 saturated carbocycles. The minimum absolute atomic E-state index is 0.313. The Morgan fingerprint density at radius 1 is 1.47 bits per heavy atom. The van der Waals surface area contributed by atoms with Gasteiger partial charge >= 0.3 is 0 Å². The van der Waals surface area contributed by atoms with Crippen molar-refractivity contribution in [3.8, 4) is 0 Å². The fourth-order valence-electron chi connectivity index (χ4n) is 2.98. The van der Waals surface area contributed by atoms with Crippen LogP contribution in [0, 0.1) is 12.8 Å². The van der Waals surface area contributed by atoms with E-state index in [1.807, 2.05) is 6.92 Å². The number of rotatable bonds is 5. The zero-order valence-electron chi connectivity index (χ0n) is 12.6. The third kappa shape index (κ3) is 3.50. The number of hydrogen-bond acceptors (Lipinski definition) is 3. The summed E-state index contributed by atoms with van der Waals surface area (Å²) in [7, 11) is 1.75. The summed E-state index contributed by atoms with van der Waals surface area (Å²) in [5, 5.41) is 3.66. The molecule has 19 heavy (non-hydrogen) atoms. The molecule has 1 aromatic heterocycles. The maximum atomic E-state index is 5.26. The van der Waals surface area contributed by atoms with E-state index in [1.165, 1.54) is 25.7 Å². The normalized spacial score (nSPS) is 25.3. The standard InChI is InChI=1S/C15H27N3O/c1-11-7-5-6-8-14(11)17-15-16-12(2)9-18(15)13(3)10-19-4/h9,11,13-14H,5-8,10H2,1-4H3,(H,16,17). The molecule has 4 heteroatoms. The van der Waals surface area contributed by atoms with E-state index in [0.29, 0.717) is 18.7 Å². The Labute approximate surface area is 116 Å². The second-order valence-electron chi connectivity index (χ2n) is 5.93. The Morgan fingerprint density at radius 3 is 2.89 bits per heavy atom. The molecule has 2 rings (SSSR count). The topological polar surface area (TPSA) is 39.1 Å². The number of aromatic nitrogens is 2. The number of anilines is 1. The van der Waals surface area contributed by atoms with Crippen LogP contribution >= 0.6 is 0 Å². The molecule has 0 radical (unpaired) electrons. The van der Waals surface area contributed by atoms with E-state index in [-0.39, 0.29) is 0 Å². The lowest BCUT2D eigenvalue weighted by atomic mass is 9.86. The van der Waals surface area contributed by atoms with Gasteiger partial charge in [0.05, 0.1) is 18.3 Å². The molecule has 0 bridgehead atoms. The highest BCUT2D eigenvalue weighted by molar-refractivity contribution is 5.31. The number of nitrogens with zero attached hydrogens (tertiary/aromatic N) is 2. The predicted octanol–water partition coefficient (Wildman–Crippen LogP) is 3.39. The first-order valence-corrected chi connectivity index (χ1v) is 7.42. The first kappa shape index (κ1) is 14.4. The smallest absolute Gasteiger partial charge is 0.203 e. The predicted molar refractivity (Wildman–Crippen MR) is 78.6 cm³/mol. The summed E-state index contributed by atoms with van der Waals surface area (Å²) in [5.41, 5.74) is 1.06. The van der Waals surface area contributed by atoms with Gasteiger partial charge < -0.3 is 14.6 Å². The van der Waals surface area contributed by atoms with Crippen LogP contribution in [0.4, 0.5) is 5.95 Å². The lowest BCUT2D eigenvalue weighted by Gasteiger charge is -2.30. The van der Waals surface area contributed by atoms with Gasteiger partial charge in [0.25, 0.3) is 0 Å². The molecule has 3 unspecified atom stereocenters. The summed E-state index contributed by atoms with van der Waals surface area (Å²) in [6.07, 6.45) is 7.39. The number of imidazole rings is 1. The van der Waals surface area contributed by atoms with Gasteiger partial charge in [-0.05, 0) is 32.6 Å². The Bertz CT molecular complexity index is 402. The number of ether oxygens (including phenoxy) is 1. The fraction of sp³-hybridized carbons (Fsp3) is 0.800. The maximum Gasteiger partial charge on any atom is 0.203 e. The molecule has 108 valence electrons. The van der Waals surface area contributed by atoms with Crippen molar-refractivity contribution in [3.63, 3.8) is 0 Å². The van der Waals surface area contributed by atoms with E-state index in [2.05, 4.69) is 34.9 Å². The molecular formula is C15H27N3O. The minimum Gasteiger partial charge on any atom is -0.383 e. The van der Waals surface area contributed by atoms with Crippen LogP contribution in [0.3, 0.4) is 0 Å². The van der Waals surface area contributed by atoms with Gasteiger partial charge in [-0.3, -0.25) is 0 Å². The van der Waals surface area contributed by atoms with Crippen LogP contribution in [-0.2, 0) is 4.74 Å². The fourth-order valence-corrected chi connectivity index (χ4v) is 2.98. The van der Waals surface area contributed by atoms with Crippen molar-refractivity contribution < 1.29 is 4.74 Å². The molecule has 1 aliphatic rings. The zero-order chi connectivity index (χ0) is 13.8. The van der Waals surface area contributed by atoms with Crippen LogP contribution in [0.25, 0.3) is 0 Å². The number of nitrogens with one attached hydrogen (secondary N) is 1. The van der Waals surface area contributed by atoms with Crippen molar-refractivity contribution in [1.82, 2.24) is 9.55 Å². The summed E-state index contributed by atoms with van der Waals surface area (Å²) < 4.78 is 7.47. The van der Waals surface area contributed by atoms with Crippen molar-refractivity contribution in [2.45, 2.75) is 58.5 Å².